The lowest BCUT2D eigenvalue weighted by Crippen LogP contribution is -2.54. The van der Waals surface area contributed by atoms with Gasteiger partial charge in [0.25, 0.3) is 5.91 Å². The second-order valence-corrected chi connectivity index (χ2v) is 7.96. The fourth-order valence-electron chi connectivity index (χ4n) is 3.08. The van der Waals surface area contributed by atoms with Crippen LogP contribution in [0.1, 0.15) is 25.8 Å². The van der Waals surface area contributed by atoms with E-state index < -0.39 is 23.4 Å². The minimum absolute atomic E-state index is 0.0601. The minimum Gasteiger partial charge on any atom is -0.395 e. The molecule has 4 amide bonds. The number of urea groups is 1. The number of imide groups is 1. The van der Waals surface area contributed by atoms with Crippen LogP contribution in [0.5, 0.6) is 0 Å². The van der Waals surface area contributed by atoms with Gasteiger partial charge in [-0.1, -0.05) is 41.9 Å². The number of hydrogen-bond acceptors (Lipinski definition) is 5. The molecule has 0 aromatic heterocycles. The Labute approximate surface area is 171 Å². The maximum atomic E-state index is 13.0. The SMILES string of the molecule is CC(C)C1(CC(=O)NCCO)NC(=O)N(CC(=O)Cc2ccc(Br)cc2)C1=O. The molecule has 1 heterocycles. The molecule has 3 N–H and O–H groups in total. The Balaban J connectivity index is 2.10. The average molecular weight is 454 g/mol. The Morgan fingerprint density at radius 2 is 1.89 bits per heavy atom. The molecule has 0 spiro atoms. The van der Waals surface area contributed by atoms with Gasteiger partial charge in [0.2, 0.25) is 5.91 Å². The average Bonchev–Trinajstić information content (AvgIpc) is 2.87. The van der Waals surface area contributed by atoms with E-state index in [1.54, 1.807) is 26.0 Å². The molecule has 1 saturated heterocycles. The van der Waals surface area contributed by atoms with Crippen molar-refractivity contribution in [3.63, 3.8) is 0 Å². The monoisotopic (exact) mass is 453 g/mol. The van der Waals surface area contributed by atoms with Crippen LogP contribution in [0.4, 0.5) is 4.79 Å². The molecular formula is C19H24BrN3O5. The Kier molecular flexibility index (Phi) is 7.31. The first-order chi connectivity index (χ1) is 13.2. The summed E-state index contributed by atoms with van der Waals surface area (Å²) < 4.78 is 0.888. The lowest BCUT2D eigenvalue weighted by Gasteiger charge is -2.30. The molecule has 0 bridgehead atoms. The Morgan fingerprint density at radius 3 is 2.46 bits per heavy atom. The highest BCUT2D eigenvalue weighted by molar-refractivity contribution is 9.10. The Hall–Kier alpha value is -2.26. The molecular weight excluding hydrogens is 430 g/mol. The molecule has 0 saturated carbocycles. The molecule has 9 heteroatoms. The number of aliphatic hydroxyl groups is 1. The number of carbonyl (C=O) groups is 4. The number of ketones is 1. The van der Waals surface area contributed by atoms with Crippen molar-refractivity contribution >= 4 is 39.6 Å². The molecule has 1 atom stereocenters. The number of amides is 4. The van der Waals surface area contributed by atoms with Crippen LogP contribution < -0.4 is 10.6 Å². The molecule has 2 rings (SSSR count). The fraction of sp³-hybridized carbons (Fsp3) is 0.474. The van der Waals surface area contributed by atoms with E-state index in [2.05, 4.69) is 26.6 Å². The van der Waals surface area contributed by atoms with Gasteiger partial charge in [-0.05, 0) is 23.6 Å². The van der Waals surface area contributed by atoms with E-state index in [9.17, 15) is 19.2 Å². The summed E-state index contributed by atoms with van der Waals surface area (Å²) in [6, 6.07) is 6.52. The van der Waals surface area contributed by atoms with Crippen molar-refractivity contribution in [1.82, 2.24) is 15.5 Å². The van der Waals surface area contributed by atoms with Gasteiger partial charge < -0.3 is 15.7 Å². The van der Waals surface area contributed by atoms with Gasteiger partial charge in [-0.2, -0.15) is 0 Å². The van der Waals surface area contributed by atoms with Gasteiger partial charge >= 0.3 is 6.03 Å². The smallest absolute Gasteiger partial charge is 0.325 e. The van der Waals surface area contributed by atoms with E-state index in [-0.39, 0.29) is 44.2 Å². The number of nitrogens with one attached hydrogen (secondary N) is 2. The second kappa shape index (κ2) is 9.29. The van der Waals surface area contributed by atoms with Crippen LogP contribution in [0.2, 0.25) is 0 Å². The number of aliphatic hydroxyl groups excluding tert-OH is 1. The fourth-order valence-corrected chi connectivity index (χ4v) is 3.34. The highest BCUT2D eigenvalue weighted by Crippen LogP contribution is 2.29. The highest BCUT2D eigenvalue weighted by atomic mass is 79.9. The number of benzene rings is 1. The maximum Gasteiger partial charge on any atom is 0.325 e. The predicted octanol–water partition coefficient (Wildman–Crippen LogP) is 1.01. The van der Waals surface area contributed by atoms with Crippen molar-refractivity contribution in [2.45, 2.75) is 32.2 Å². The van der Waals surface area contributed by atoms with Gasteiger partial charge in [-0.15, -0.1) is 0 Å². The topological polar surface area (TPSA) is 116 Å². The van der Waals surface area contributed by atoms with Crippen LogP contribution in [0.15, 0.2) is 28.7 Å². The zero-order valence-corrected chi connectivity index (χ0v) is 17.4. The van der Waals surface area contributed by atoms with Crippen molar-refractivity contribution in [3.8, 4) is 0 Å². The summed E-state index contributed by atoms with van der Waals surface area (Å²) in [5, 5.41) is 13.9. The molecule has 1 fully saturated rings. The molecule has 1 aliphatic heterocycles. The summed E-state index contributed by atoms with van der Waals surface area (Å²) in [5.74, 6) is -1.69. The summed E-state index contributed by atoms with van der Waals surface area (Å²) in [5.41, 5.74) is -0.632. The number of carbonyl (C=O) groups excluding carboxylic acids is 4. The van der Waals surface area contributed by atoms with Crippen LogP contribution in [0, 0.1) is 5.92 Å². The molecule has 1 aromatic rings. The zero-order chi connectivity index (χ0) is 20.9. The van der Waals surface area contributed by atoms with Crippen LogP contribution in [-0.2, 0) is 20.8 Å². The van der Waals surface area contributed by atoms with Gasteiger partial charge in [0.1, 0.15) is 5.54 Å². The second-order valence-electron chi connectivity index (χ2n) is 7.04. The summed E-state index contributed by atoms with van der Waals surface area (Å²) in [4.78, 5) is 50.7. The first kappa shape index (κ1) is 22.0. The number of rotatable bonds is 9. The molecule has 1 aromatic carbocycles. The van der Waals surface area contributed by atoms with Crippen molar-refractivity contribution in [3.05, 3.63) is 34.3 Å². The van der Waals surface area contributed by atoms with E-state index in [1.165, 1.54) is 0 Å². The van der Waals surface area contributed by atoms with Gasteiger partial charge in [0.05, 0.1) is 19.6 Å². The summed E-state index contributed by atoms with van der Waals surface area (Å²) >= 11 is 3.32. The van der Waals surface area contributed by atoms with E-state index in [0.29, 0.717) is 0 Å². The van der Waals surface area contributed by atoms with Gasteiger partial charge in [0, 0.05) is 17.4 Å². The van der Waals surface area contributed by atoms with E-state index in [0.717, 1.165) is 14.9 Å². The molecule has 0 aliphatic carbocycles. The van der Waals surface area contributed by atoms with Crippen molar-refractivity contribution in [2.24, 2.45) is 5.92 Å². The van der Waals surface area contributed by atoms with E-state index >= 15 is 0 Å². The summed E-state index contributed by atoms with van der Waals surface area (Å²) in [6.07, 6.45) is -0.164. The first-order valence-corrected chi connectivity index (χ1v) is 9.76. The largest absolute Gasteiger partial charge is 0.395 e. The lowest BCUT2D eigenvalue weighted by molar-refractivity contribution is -0.138. The molecule has 28 heavy (non-hydrogen) atoms. The first-order valence-electron chi connectivity index (χ1n) is 8.97. The molecule has 0 radical (unpaired) electrons. The maximum absolute atomic E-state index is 13.0. The number of nitrogens with zero attached hydrogens (tertiary/aromatic N) is 1. The van der Waals surface area contributed by atoms with Crippen LogP contribution in [-0.4, -0.2) is 58.9 Å². The van der Waals surface area contributed by atoms with Crippen LogP contribution in [0.25, 0.3) is 0 Å². The van der Waals surface area contributed by atoms with Gasteiger partial charge in [0.15, 0.2) is 5.78 Å². The third-order valence-electron chi connectivity index (χ3n) is 4.71. The number of halogens is 1. The van der Waals surface area contributed by atoms with E-state index in [1.807, 2.05) is 12.1 Å². The third kappa shape index (κ3) is 4.96. The Bertz CT molecular complexity index is 765. The number of hydrogen-bond donors (Lipinski definition) is 3. The molecule has 1 unspecified atom stereocenters. The molecule has 1 aliphatic rings. The third-order valence-corrected chi connectivity index (χ3v) is 5.24. The van der Waals surface area contributed by atoms with Gasteiger partial charge in [-0.3, -0.25) is 19.3 Å². The molecule has 152 valence electrons. The Morgan fingerprint density at radius 1 is 1.25 bits per heavy atom. The van der Waals surface area contributed by atoms with E-state index in [4.69, 9.17) is 5.11 Å². The van der Waals surface area contributed by atoms with Crippen molar-refractivity contribution in [1.29, 1.82) is 0 Å². The predicted molar refractivity (Wildman–Crippen MR) is 105 cm³/mol. The highest BCUT2D eigenvalue weighted by Gasteiger charge is 2.54. The summed E-state index contributed by atoms with van der Waals surface area (Å²) in [7, 11) is 0. The van der Waals surface area contributed by atoms with Crippen LogP contribution in [0.3, 0.4) is 0 Å². The van der Waals surface area contributed by atoms with Crippen LogP contribution >= 0.6 is 15.9 Å². The number of Topliss-reactive ketones (excluding diaryl/α,β-unsaturated/α-hetero) is 1. The summed E-state index contributed by atoms with van der Waals surface area (Å²) in [6.45, 7) is 2.94. The standard InChI is InChI=1S/C19H24BrN3O5/c1-12(2)19(10-16(26)21-7-8-24)17(27)23(18(28)22-19)11-15(25)9-13-3-5-14(20)6-4-13/h3-6,12,24H,7-11H2,1-2H3,(H,21,26)(H,22,28). The molecule has 8 nitrogen and oxygen atoms in total. The zero-order valence-electron chi connectivity index (χ0n) is 15.8. The lowest BCUT2D eigenvalue weighted by atomic mass is 9.82. The van der Waals surface area contributed by atoms with Crippen molar-refractivity contribution < 1.29 is 24.3 Å². The quantitative estimate of drug-likeness (QED) is 0.482. The van der Waals surface area contributed by atoms with Gasteiger partial charge in [-0.25, -0.2) is 4.79 Å². The van der Waals surface area contributed by atoms with Crippen molar-refractivity contribution in [2.75, 3.05) is 19.7 Å². The minimum atomic E-state index is -1.41. The normalized spacial score (nSPS) is 19.1.